The van der Waals surface area contributed by atoms with Crippen LogP contribution in [0.5, 0.6) is 0 Å². The maximum atomic E-state index is 15.2. The van der Waals surface area contributed by atoms with Gasteiger partial charge in [-0.15, -0.1) is 0 Å². The molecule has 0 rings (SSSR count). The molecular weight excluding hydrogens is 1130 g/mol. The van der Waals surface area contributed by atoms with Gasteiger partial charge in [0.1, 0.15) is 54.4 Å². The van der Waals surface area contributed by atoms with Crippen molar-refractivity contribution in [2.24, 2.45) is 59.0 Å². The molecule has 12 atom stereocenters. The first-order valence-corrected chi connectivity index (χ1v) is 31.8. The average Bonchev–Trinajstić information content (AvgIpc) is 1.52. The maximum absolute atomic E-state index is 15.2. The lowest BCUT2D eigenvalue weighted by Crippen LogP contribution is -2.63. The molecule has 0 bridgehead atoms. The number of nitrogens with zero attached hydrogens (tertiary/aromatic N) is 7. The Kier molecular flexibility index (Phi) is 35.1. The predicted molar refractivity (Wildman–Crippen MR) is 344 cm³/mol. The molecule has 0 aliphatic carbocycles. The Morgan fingerprint density at radius 1 is 0.443 bits per heavy atom. The van der Waals surface area contributed by atoms with Gasteiger partial charge in [-0.3, -0.25) is 52.7 Å². The molecule has 0 saturated heterocycles. The molecule has 0 aliphatic heterocycles. The highest BCUT2D eigenvalue weighted by Crippen LogP contribution is 2.26. The van der Waals surface area contributed by atoms with Crippen molar-refractivity contribution in [3.8, 4) is 0 Å². The van der Waals surface area contributed by atoms with E-state index < -0.39 is 138 Å². The monoisotopic (exact) mass is 1250 g/mol. The van der Waals surface area contributed by atoms with Gasteiger partial charge in [0.05, 0.1) is 12.6 Å². The zero-order valence-electron chi connectivity index (χ0n) is 58.7. The Balaban J connectivity index is 7.23. The van der Waals surface area contributed by atoms with Gasteiger partial charge >= 0.3 is 0 Å². The molecule has 11 amide bonds. The molecule has 0 saturated carbocycles. The number of nitrogens with two attached hydrogens (primary N) is 1. The number of likely N-dealkylation sites (N-methyl/N-ethyl adjacent to an activating group) is 7. The van der Waals surface area contributed by atoms with Crippen molar-refractivity contribution in [1.82, 2.24) is 50.2 Å². The summed E-state index contributed by atoms with van der Waals surface area (Å²) in [4.78, 5) is 164. The van der Waals surface area contributed by atoms with Crippen molar-refractivity contribution in [3.63, 3.8) is 0 Å². The highest BCUT2D eigenvalue weighted by atomic mass is 16.3. The smallest absolute Gasteiger partial charge is 0.246 e. The molecular formula is C65H119N11O12. The number of nitrogens with one attached hydrogen (secondary N) is 3. The molecule has 506 valence electrons. The van der Waals surface area contributed by atoms with Crippen LogP contribution < -0.4 is 21.7 Å². The van der Waals surface area contributed by atoms with E-state index in [1.165, 1.54) is 73.7 Å². The van der Waals surface area contributed by atoms with Gasteiger partial charge in [-0.2, -0.15) is 0 Å². The number of hydrogen-bond donors (Lipinski definition) is 5. The van der Waals surface area contributed by atoms with Gasteiger partial charge in [-0.25, -0.2) is 0 Å². The SMILES string of the molecule is C/C=C\C[C@@H](C)[C@H](O)C(C(=O)N[C@H](CC)C(=O)N(C)CC(=O)N(C)[C@@H](C(N)=O)C(C)C)N(C)C(=O)[C@@H](C(C)C)N(C)C(=O)[C@@H](CC(C)C)N(C)C(=O)[C@H](CC(C)C)N(C)C(=O)[C@H](C)NC(=O)[C@@H](CC(C)C)NC(=O)[C@H](CC(C)C)N(C)C(=O)[C@@H](C)C(C)C. The highest BCUT2D eigenvalue weighted by molar-refractivity contribution is 5.99. The number of allylic oxidation sites excluding steroid dienone is 2. The fourth-order valence-corrected chi connectivity index (χ4v) is 10.9. The van der Waals surface area contributed by atoms with E-state index in [0.29, 0.717) is 12.8 Å². The summed E-state index contributed by atoms with van der Waals surface area (Å²) in [7, 11) is 10.1. The number of carbonyl (C=O) groups excluding carboxylic acids is 11. The van der Waals surface area contributed by atoms with Crippen LogP contribution in [-0.2, 0) is 52.7 Å². The number of rotatable bonds is 37. The van der Waals surface area contributed by atoms with Crippen LogP contribution in [0.2, 0.25) is 0 Å². The maximum Gasteiger partial charge on any atom is 0.246 e. The number of aliphatic hydroxyl groups is 1. The van der Waals surface area contributed by atoms with Crippen molar-refractivity contribution in [2.75, 3.05) is 55.9 Å². The van der Waals surface area contributed by atoms with Gasteiger partial charge in [0, 0.05) is 55.3 Å². The first kappa shape index (κ1) is 81.9. The summed E-state index contributed by atoms with van der Waals surface area (Å²) >= 11 is 0. The van der Waals surface area contributed by atoms with Crippen molar-refractivity contribution >= 4 is 65.0 Å². The van der Waals surface area contributed by atoms with Gasteiger partial charge in [-0.05, 0) is 99.7 Å². The summed E-state index contributed by atoms with van der Waals surface area (Å²) < 4.78 is 0. The average molecular weight is 1250 g/mol. The van der Waals surface area contributed by atoms with E-state index in [2.05, 4.69) is 16.0 Å². The number of amides is 11. The van der Waals surface area contributed by atoms with Crippen LogP contribution >= 0.6 is 0 Å². The summed E-state index contributed by atoms with van der Waals surface area (Å²) in [5.41, 5.74) is 5.59. The molecule has 0 aromatic carbocycles. The van der Waals surface area contributed by atoms with E-state index in [4.69, 9.17) is 5.73 Å². The van der Waals surface area contributed by atoms with E-state index in [-0.39, 0.29) is 73.0 Å². The molecule has 0 aromatic heterocycles. The number of carbonyl (C=O) groups is 11. The fraction of sp³-hybridized carbons (Fsp3) is 0.800. The Hall–Kier alpha value is -6.13. The second-order valence-corrected chi connectivity index (χ2v) is 27.3. The Morgan fingerprint density at radius 2 is 0.864 bits per heavy atom. The summed E-state index contributed by atoms with van der Waals surface area (Å²) in [5, 5.41) is 20.4. The summed E-state index contributed by atoms with van der Waals surface area (Å²) in [5.74, 6) is -8.78. The first-order chi connectivity index (χ1) is 40.5. The minimum absolute atomic E-state index is 0.0334. The third-order valence-corrected chi connectivity index (χ3v) is 16.7. The third kappa shape index (κ3) is 24.0. The minimum atomic E-state index is -1.60. The van der Waals surface area contributed by atoms with Crippen LogP contribution in [0.25, 0.3) is 0 Å². The second kappa shape index (κ2) is 37.8. The molecule has 0 spiro atoms. The molecule has 23 nitrogen and oxygen atoms in total. The highest BCUT2D eigenvalue weighted by Gasteiger charge is 2.45. The minimum Gasteiger partial charge on any atom is -0.390 e. The Bertz CT molecular complexity index is 2360. The lowest BCUT2D eigenvalue weighted by molar-refractivity contribution is -0.157. The fourth-order valence-electron chi connectivity index (χ4n) is 10.9. The van der Waals surface area contributed by atoms with Gasteiger partial charge in [0.15, 0.2) is 0 Å². The molecule has 0 fully saturated rings. The molecule has 0 radical (unpaired) electrons. The van der Waals surface area contributed by atoms with Crippen LogP contribution in [0, 0.1) is 53.3 Å². The van der Waals surface area contributed by atoms with Crippen LogP contribution in [0.15, 0.2) is 12.2 Å². The molecule has 6 N–H and O–H groups in total. The molecule has 0 aliphatic rings. The van der Waals surface area contributed by atoms with Gasteiger partial charge in [0.25, 0.3) is 0 Å². The zero-order chi connectivity index (χ0) is 68.8. The van der Waals surface area contributed by atoms with E-state index >= 15 is 14.4 Å². The normalized spacial score (nSPS) is 16.0. The van der Waals surface area contributed by atoms with Crippen LogP contribution in [-0.4, -0.2) is 221 Å². The summed E-state index contributed by atoms with van der Waals surface area (Å²) in [6.45, 7) is 34.0. The Labute approximate surface area is 528 Å². The Morgan fingerprint density at radius 3 is 1.28 bits per heavy atom. The summed E-state index contributed by atoms with van der Waals surface area (Å²) in [6, 6.07) is -10.4. The van der Waals surface area contributed by atoms with Crippen molar-refractivity contribution in [3.05, 3.63) is 12.2 Å². The first-order valence-electron chi connectivity index (χ1n) is 31.8. The number of primary amides is 1. The molecule has 88 heavy (non-hydrogen) atoms. The standard InChI is InChI=1S/C65H119N11O12/c1-27-29-30-43(17)55(78)54(59(82)68-46(28-2)62(85)70(20)35-51(77)74(24)52(41(13)14)56(66)79)76(26)65(88)53(42(15)16)75(25)64(87)50(34-39(9)10)73(23)63(86)49(33-38(7)8)72(22)61(84)45(19)67-57(80)47(31-36(3)4)69-58(81)48(32-37(5)6)71(21)60(83)44(18)40(11)12/h27,29,36-50,52-55,78H,28,30-35H2,1-26H3,(H2,66,79)(H,67,80)(H,68,82)(H,69,81)/b29-27-/t43-,44+,45+,46-,47-,48+,49+,50-,52-,53-,54?,55+/m1/s1. The lowest BCUT2D eigenvalue weighted by atomic mass is 9.91. The van der Waals surface area contributed by atoms with E-state index in [1.807, 2.05) is 76.2 Å². The van der Waals surface area contributed by atoms with E-state index in [1.54, 1.807) is 67.7 Å². The number of aliphatic hydroxyl groups excluding tert-OH is 1. The molecule has 0 heterocycles. The van der Waals surface area contributed by atoms with Gasteiger partial charge < -0.3 is 61.1 Å². The quantitative estimate of drug-likeness (QED) is 0.0537. The topological polar surface area (TPSA) is 293 Å². The van der Waals surface area contributed by atoms with Gasteiger partial charge in [0.2, 0.25) is 65.0 Å². The third-order valence-electron chi connectivity index (χ3n) is 16.7. The van der Waals surface area contributed by atoms with Crippen LogP contribution in [0.1, 0.15) is 170 Å². The van der Waals surface area contributed by atoms with Crippen LogP contribution in [0.3, 0.4) is 0 Å². The zero-order valence-corrected chi connectivity index (χ0v) is 58.7. The van der Waals surface area contributed by atoms with Crippen LogP contribution in [0.4, 0.5) is 0 Å². The van der Waals surface area contributed by atoms with Gasteiger partial charge in [-0.1, -0.05) is 130 Å². The summed E-state index contributed by atoms with van der Waals surface area (Å²) in [6.07, 6.45) is 3.34. The van der Waals surface area contributed by atoms with E-state index in [0.717, 1.165) is 9.80 Å². The predicted octanol–water partition coefficient (Wildman–Crippen LogP) is 4.53. The van der Waals surface area contributed by atoms with Crippen molar-refractivity contribution in [1.29, 1.82) is 0 Å². The molecule has 23 heteroatoms. The largest absolute Gasteiger partial charge is 0.390 e. The number of hydrogen-bond acceptors (Lipinski definition) is 12. The second-order valence-electron chi connectivity index (χ2n) is 27.3. The van der Waals surface area contributed by atoms with Crippen molar-refractivity contribution < 1.29 is 57.8 Å². The molecule has 0 aromatic rings. The lowest BCUT2D eigenvalue weighted by Gasteiger charge is -2.41. The molecule has 1 unspecified atom stereocenters. The van der Waals surface area contributed by atoms with Crippen molar-refractivity contribution in [2.45, 2.75) is 231 Å². The van der Waals surface area contributed by atoms with E-state index in [9.17, 15) is 43.5 Å².